The highest BCUT2D eigenvalue weighted by Crippen LogP contribution is 1.64. The Labute approximate surface area is 40.3 Å². The summed E-state index contributed by atoms with van der Waals surface area (Å²) in [4.78, 5) is 19.2. The van der Waals surface area contributed by atoms with Crippen molar-refractivity contribution in [2.75, 3.05) is 0 Å². The van der Waals surface area contributed by atoms with Crippen molar-refractivity contribution in [3.8, 4) is 0 Å². The zero-order valence-electron chi connectivity index (χ0n) is 3.50. The van der Waals surface area contributed by atoms with Crippen LogP contribution in [-0.4, -0.2) is 17.2 Å². The molecule has 0 aromatic carbocycles. The van der Waals surface area contributed by atoms with Gasteiger partial charge in [0, 0.05) is 6.08 Å². The lowest BCUT2D eigenvalue weighted by molar-refractivity contribution is -0.126. The second-order valence-electron chi connectivity index (χ2n) is 0.836. The van der Waals surface area contributed by atoms with Gasteiger partial charge in [-0.15, -0.1) is 0 Å². The number of hydrogen-bond donors (Lipinski definition) is 1. The third kappa shape index (κ3) is 2.69. The fourth-order valence-electron chi connectivity index (χ4n) is 0.113. The monoisotopic (exact) mass is 100 g/mol. The number of aldehydes is 1. The number of ketones is 1. The maximum absolute atomic E-state index is 9.80. The second-order valence-corrected chi connectivity index (χ2v) is 0.836. The number of allylic oxidation sites excluding steroid dienone is 1. The summed E-state index contributed by atoms with van der Waals surface area (Å²) in [5.41, 5.74) is 0. The molecule has 0 rings (SSSR count). The SMILES string of the molecule is O=CC(=O)/C=C\O. The van der Waals surface area contributed by atoms with Crippen molar-refractivity contribution in [3.63, 3.8) is 0 Å². The molecule has 0 saturated heterocycles. The lowest BCUT2D eigenvalue weighted by atomic mass is 10.4. The summed E-state index contributed by atoms with van der Waals surface area (Å²) in [5.74, 6) is -0.734. The average molecular weight is 100 g/mol. The van der Waals surface area contributed by atoms with Crippen LogP contribution in [0.25, 0.3) is 0 Å². The third-order valence-corrected chi connectivity index (χ3v) is 0.355. The van der Waals surface area contributed by atoms with E-state index in [1.54, 1.807) is 0 Å². The number of hydrogen-bond acceptors (Lipinski definition) is 3. The highest BCUT2D eigenvalue weighted by atomic mass is 16.2. The molecule has 0 amide bonds. The van der Waals surface area contributed by atoms with Crippen LogP contribution in [0.2, 0.25) is 0 Å². The Hall–Kier alpha value is -1.12. The highest BCUT2D eigenvalue weighted by molar-refractivity contribution is 6.30. The first-order chi connectivity index (χ1) is 3.31. The van der Waals surface area contributed by atoms with Crippen LogP contribution in [-0.2, 0) is 9.59 Å². The van der Waals surface area contributed by atoms with Gasteiger partial charge in [0.2, 0.25) is 5.78 Å². The molecule has 3 heteroatoms. The molecule has 1 N–H and O–H groups in total. The topological polar surface area (TPSA) is 54.4 Å². The van der Waals surface area contributed by atoms with Crippen LogP contribution in [0.1, 0.15) is 0 Å². The van der Waals surface area contributed by atoms with Crippen molar-refractivity contribution < 1.29 is 14.7 Å². The number of rotatable bonds is 2. The van der Waals surface area contributed by atoms with E-state index in [0.29, 0.717) is 6.26 Å². The van der Waals surface area contributed by atoms with Gasteiger partial charge in [-0.2, -0.15) is 0 Å². The molecule has 0 radical (unpaired) electrons. The van der Waals surface area contributed by atoms with E-state index in [1.165, 1.54) is 0 Å². The molecule has 38 valence electrons. The van der Waals surface area contributed by atoms with Crippen LogP contribution in [0.5, 0.6) is 0 Å². The first-order valence-electron chi connectivity index (χ1n) is 1.61. The van der Waals surface area contributed by atoms with Gasteiger partial charge in [0.15, 0.2) is 6.29 Å². The van der Waals surface area contributed by atoms with Gasteiger partial charge in [-0.25, -0.2) is 0 Å². The molecular formula is C4H4O3. The van der Waals surface area contributed by atoms with Crippen molar-refractivity contribution in [1.29, 1.82) is 0 Å². The molecule has 0 fully saturated rings. The Kier molecular flexibility index (Phi) is 2.59. The van der Waals surface area contributed by atoms with Gasteiger partial charge in [0.1, 0.15) is 0 Å². The first-order valence-corrected chi connectivity index (χ1v) is 1.61. The number of carbonyl (C=O) groups is 2. The molecule has 0 aliphatic rings. The quantitative estimate of drug-likeness (QED) is 0.227. The van der Waals surface area contributed by atoms with Gasteiger partial charge in [-0.05, 0) is 0 Å². The molecule has 0 aromatic rings. The van der Waals surface area contributed by atoms with Crippen molar-refractivity contribution in [2.24, 2.45) is 0 Å². The molecule has 0 aromatic heterocycles. The van der Waals surface area contributed by atoms with Crippen molar-refractivity contribution in [2.45, 2.75) is 0 Å². The fourth-order valence-corrected chi connectivity index (χ4v) is 0.113. The minimum absolute atomic E-state index is 0.118. The predicted octanol–water partition coefficient (Wildman–Crippen LogP) is -0.174. The maximum Gasteiger partial charge on any atom is 0.221 e. The van der Waals surface area contributed by atoms with E-state index in [9.17, 15) is 9.59 Å². The highest BCUT2D eigenvalue weighted by Gasteiger charge is 1.85. The van der Waals surface area contributed by atoms with Gasteiger partial charge >= 0.3 is 0 Å². The van der Waals surface area contributed by atoms with Crippen molar-refractivity contribution in [3.05, 3.63) is 12.3 Å². The molecule has 0 bridgehead atoms. The molecule has 0 unspecified atom stereocenters. The Morgan fingerprint density at radius 2 is 2.14 bits per heavy atom. The number of carbonyl (C=O) groups excluding carboxylic acids is 2. The predicted molar refractivity (Wildman–Crippen MR) is 22.8 cm³/mol. The largest absolute Gasteiger partial charge is 0.515 e. The zero-order valence-corrected chi connectivity index (χ0v) is 3.50. The Morgan fingerprint density at radius 1 is 1.57 bits per heavy atom. The minimum atomic E-state index is -0.734. The first kappa shape index (κ1) is 5.88. The smallest absolute Gasteiger partial charge is 0.221 e. The number of aliphatic hydroxyl groups is 1. The fraction of sp³-hybridized carbons (Fsp3) is 0. The molecular weight excluding hydrogens is 96.0 g/mol. The van der Waals surface area contributed by atoms with E-state index < -0.39 is 5.78 Å². The van der Waals surface area contributed by atoms with E-state index >= 15 is 0 Å². The maximum atomic E-state index is 9.80. The second kappa shape index (κ2) is 3.08. The van der Waals surface area contributed by atoms with Gasteiger partial charge < -0.3 is 5.11 Å². The zero-order chi connectivity index (χ0) is 5.70. The van der Waals surface area contributed by atoms with Gasteiger partial charge in [-0.1, -0.05) is 0 Å². The van der Waals surface area contributed by atoms with E-state index in [1.807, 2.05) is 0 Å². The molecule has 0 saturated carbocycles. The average Bonchev–Trinajstić information content (AvgIpc) is 1.68. The third-order valence-electron chi connectivity index (χ3n) is 0.355. The lowest BCUT2D eigenvalue weighted by Crippen LogP contribution is -1.90. The number of aliphatic hydroxyl groups excluding tert-OH is 1. The summed E-state index contributed by atoms with van der Waals surface area (Å²) in [7, 11) is 0. The molecule has 0 spiro atoms. The Morgan fingerprint density at radius 3 is 2.29 bits per heavy atom. The molecule has 0 aliphatic heterocycles. The van der Waals surface area contributed by atoms with Crippen molar-refractivity contribution in [1.82, 2.24) is 0 Å². The minimum Gasteiger partial charge on any atom is -0.515 e. The van der Waals surface area contributed by atoms with Crippen LogP contribution in [0.4, 0.5) is 0 Å². The Bertz CT molecular complexity index is 104. The van der Waals surface area contributed by atoms with E-state index in [4.69, 9.17) is 5.11 Å². The molecule has 0 heterocycles. The summed E-state index contributed by atoms with van der Waals surface area (Å²) in [6, 6.07) is 0. The van der Waals surface area contributed by atoms with Crippen LogP contribution in [0.15, 0.2) is 12.3 Å². The molecule has 7 heavy (non-hydrogen) atoms. The van der Waals surface area contributed by atoms with Crippen LogP contribution in [0.3, 0.4) is 0 Å². The van der Waals surface area contributed by atoms with E-state index in [0.717, 1.165) is 6.08 Å². The molecule has 0 atom stereocenters. The van der Waals surface area contributed by atoms with Crippen LogP contribution in [0, 0.1) is 0 Å². The normalized spacial score (nSPS) is 9.14. The standard InChI is InChI=1S/C4H4O3/c5-2-1-4(7)3-6/h1-3,5H/b2-1-. The Balaban J connectivity index is 3.58. The summed E-state index contributed by atoms with van der Waals surface area (Å²) in [6.07, 6.45) is 1.41. The van der Waals surface area contributed by atoms with Crippen LogP contribution >= 0.6 is 0 Å². The van der Waals surface area contributed by atoms with E-state index in [-0.39, 0.29) is 6.29 Å². The summed E-state index contributed by atoms with van der Waals surface area (Å²) in [6.45, 7) is 0. The van der Waals surface area contributed by atoms with Gasteiger partial charge in [0.05, 0.1) is 6.26 Å². The molecule has 0 aliphatic carbocycles. The van der Waals surface area contributed by atoms with Crippen LogP contribution < -0.4 is 0 Å². The lowest BCUT2D eigenvalue weighted by Gasteiger charge is -1.68. The van der Waals surface area contributed by atoms with Gasteiger partial charge in [-0.3, -0.25) is 9.59 Å². The molecule has 3 nitrogen and oxygen atoms in total. The summed E-state index contributed by atoms with van der Waals surface area (Å²) >= 11 is 0. The van der Waals surface area contributed by atoms with E-state index in [2.05, 4.69) is 0 Å². The summed E-state index contributed by atoms with van der Waals surface area (Å²) in [5, 5.41) is 7.81. The van der Waals surface area contributed by atoms with Crippen molar-refractivity contribution >= 4 is 12.1 Å². The summed E-state index contributed by atoms with van der Waals surface area (Å²) < 4.78 is 0. The van der Waals surface area contributed by atoms with Gasteiger partial charge in [0.25, 0.3) is 0 Å².